The summed E-state index contributed by atoms with van der Waals surface area (Å²) in [7, 11) is 1.42. The molecule has 2 N–H and O–H groups in total. The van der Waals surface area contributed by atoms with E-state index < -0.39 is 6.09 Å². The molecule has 0 saturated heterocycles. The standard InChI is InChI=1S/C20H21NO5/c1-25-19-12-17(13-22)16(11-18(19)23)9-5-6-10-21-20(24)26-14-15-7-3-2-4-8-15/h2-5,7-9,11-13,23H,6,10,14H2,1H3,(H,21,24). The molecule has 0 aliphatic carbocycles. The predicted molar refractivity (Wildman–Crippen MR) is 98.3 cm³/mol. The van der Waals surface area contributed by atoms with Crippen molar-refractivity contribution in [1.29, 1.82) is 0 Å². The number of phenols is 1. The molecule has 0 radical (unpaired) electrons. The number of rotatable bonds is 8. The summed E-state index contributed by atoms with van der Waals surface area (Å²) in [5.41, 5.74) is 1.90. The molecule has 26 heavy (non-hydrogen) atoms. The van der Waals surface area contributed by atoms with Crippen molar-refractivity contribution < 1.29 is 24.2 Å². The highest BCUT2D eigenvalue weighted by molar-refractivity contribution is 5.83. The van der Waals surface area contributed by atoms with E-state index in [2.05, 4.69) is 5.32 Å². The van der Waals surface area contributed by atoms with E-state index in [1.54, 1.807) is 12.2 Å². The third-order valence-electron chi connectivity index (χ3n) is 3.60. The van der Waals surface area contributed by atoms with Crippen molar-refractivity contribution in [2.24, 2.45) is 0 Å². The number of hydrogen-bond acceptors (Lipinski definition) is 5. The number of nitrogens with one attached hydrogen (secondary N) is 1. The number of benzene rings is 2. The molecule has 0 aliphatic heterocycles. The predicted octanol–water partition coefficient (Wildman–Crippen LogP) is 3.54. The molecule has 0 heterocycles. The van der Waals surface area contributed by atoms with Crippen molar-refractivity contribution in [3.05, 3.63) is 65.2 Å². The number of carbonyl (C=O) groups is 2. The first-order chi connectivity index (χ1) is 12.6. The lowest BCUT2D eigenvalue weighted by molar-refractivity contribution is 0.112. The van der Waals surface area contributed by atoms with Gasteiger partial charge in [-0.15, -0.1) is 0 Å². The van der Waals surface area contributed by atoms with E-state index in [1.165, 1.54) is 19.2 Å². The van der Waals surface area contributed by atoms with Crippen LogP contribution in [0.25, 0.3) is 6.08 Å². The second-order valence-corrected chi connectivity index (χ2v) is 5.45. The van der Waals surface area contributed by atoms with Gasteiger partial charge >= 0.3 is 6.09 Å². The van der Waals surface area contributed by atoms with Crippen LogP contribution in [0, 0.1) is 0 Å². The number of ether oxygens (including phenoxy) is 2. The number of phenolic OH excluding ortho intramolecular Hbond substituents is 1. The van der Waals surface area contributed by atoms with Crippen molar-refractivity contribution in [3.63, 3.8) is 0 Å². The maximum absolute atomic E-state index is 11.6. The Kier molecular flexibility index (Phi) is 7.24. The Morgan fingerprint density at radius 3 is 2.65 bits per heavy atom. The molecule has 2 rings (SSSR count). The SMILES string of the molecule is COc1cc(C=O)c(C=CCCNC(=O)OCc2ccccc2)cc1O. The van der Waals surface area contributed by atoms with Gasteiger partial charge in [-0.25, -0.2) is 4.79 Å². The Morgan fingerprint density at radius 2 is 1.96 bits per heavy atom. The van der Waals surface area contributed by atoms with Gasteiger partial charge in [0.2, 0.25) is 0 Å². The van der Waals surface area contributed by atoms with Crippen LogP contribution in [0.4, 0.5) is 4.79 Å². The first kappa shape index (κ1) is 19.1. The lowest BCUT2D eigenvalue weighted by Crippen LogP contribution is -2.24. The molecule has 0 bridgehead atoms. The quantitative estimate of drug-likeness (QED) is 0.559. The van der Waals surface area contributed by atoms with E-state index in [0.29, 0.717) is 30.4 Å². The van der Waals surface area contributed by atoms with Crippen LogP contribution < -0.4 is 10.1 Å². The summed E-state index contributed by atoms with van der Waals surface area (Å²) in [4.78, 5) is 22.7. The Morgan fingerprint density at radius 1 is 1.19 bits per heavy atom. The number of hydrogen-bond donors (Lipinski definition) is 2. The second kappa shape index (κ2) is 9.88. The van der Waals surface area contributed by atoms with E-state index in [4.69, 9.17) is 9.47 Å². The van der Waals surface area contributed by atoms with Crippen molar-refractivity contribution in [2.45, 2.75) is 13.0 Å². The van der Waals surface area contributed by atoms with Crippen LogP contribution in [-0.2, 0) is 11.3 Å². The fraction of sp³-hybridized carbons (Fsp3) is 0.200. The lowest BCUT2D eigenvalue weighted by Gasteiger charge is -2.07. The number of carbonyl (C=O) groups excluding carboxylic acids is 2. The molecule has 2 aromatic rings. The highest BCUT2D eigenvalue weighted by Gasteiger charge is 2.07. The van der Waals surface area contributed by atoms with E-state index in [0.717, 1.165) is 5.56 Å². The molecule has 1 amide bonds. The second-order valence-electron chi connectivity index (χ2n) is 5.45. The van der Waals surface area contributed by atoms with E-state index in [-0.39, 0.29) is 18.1 Å². The molecule has 6 heteroatoms. The van der Waals surface area contributed by atoms with E-state index >= 15 is 0 Å². The lowest BCUT2D eigenvalue weighted by atomic mass is 10.1. The Labute approximate surface area is 152 Å². The van der Waals surface area contributed by atoms with Gasteiger partial charge in [0.05, 0.1) is 7.11 Å². The van der Waals surface area contributed by atoms with Crippen molar-refractivity contribution in [3.8, 4) is 11.5 Å². The largest absolute Gasteiger partial charge is 0.504 e. The number of alkyl carbamates (subject to hydrolysis) is 1. The Hall–Kier alpha value is -3.28. The van der Waals surface area contributed by atoms with Crippen LogP contribution in [0.3, 0.4) is 0 Å². The van der Waals surface area contributed by atoms with Crippen LogP contribution in [0.2, 0.25) is 0 Å². The van der Waals surface area contributed by atoms with Crippen molar-refractivity contribution >= 4 is 18.5 Å². The van der Waals surface area contributed by atoms with Crippen LogP contribution in [0.15, 0.2) is 48.5 Å². The molecule has 0 atom stereocenters. The minimum absolute atomic E-state index is 0.0413. The normalized spacial score (nSPS) is 10.5. The van der Waals surface area contributed by atoms with Gasteiger partial charge < -0.3 is 19.9 Å². The van der Waals surface area contributed by atoms with E-state index in [9.17, 15) is 14.7 Å². The Bertz CT molecular complexity index is 771. The molecule has 6 nitrogen and oxygen atoms in total. The molecule has 2 aromatic carbocycles. The Balaban J connectivity index is 1.78. The minimum atomic E-state index is -0.488. The van der Waals surface area contributed by atoms with Gasteiger partial charge in [-0.1, -0.05) is 42.5 Å². The van der Waals surface area contributed by atoms with Gasteiger partial charge in [0.1, 0.15) is 6.61 Å². The third kappa shape index (κ3) is 5.66. The highest BCUT2D eigenvalue weighted by Crippen LogP contribution is 2.29. The maximum Gasteiger partial charge on any atom is 0.407 e. The van der Waals surface area contributed by atoms with Gasteiger partial charge in [0.25, 0.3) is 0 Å². The zero-order valence-electron chi connectivity index (χ0n) is 14.5. The number of methoxy groups -OCH3 is 1. The third-order valence-corrected chi connectivity index (χ3v) is 3.60. The van der Waals surface area contributed by atoms with Gasteiger partial charge in [0.15, 0.2) is 17.8 Å². The monoisotopic (exact) mass is 355 g/mol. The summed E-state index contributed by atoms with van der Waals surface area (Å²) in [6, 6.07) is 12.4. The van der Waals surface area contributed by atoms with Gasteiger partial charge in [-0.05, 0) is 29.7 Å². The molecular formula is C20H21NO5. The summed E-state index contributed by atoms with van der Waals surface area (Å²) in [6.07, 6.45) is 4.26. The zero-order chi connectivity index (χ0) is 18.8. The summed E-state index contributed by atoms with van der Waals surface area (Å²) in [6.45, 7) is 0.610. The average molecular weight is 355 g/mol. The molecule has 0 aliphatic rings. The molecule has 0 aromatic heterocycles. The van der Waals surface area contributed by atoms with Gasteiger partial charge in [-0.2, -0.15) is 0 Å². The fourth-order valence-corrected chi connectivity index (χ4v) is 2.25. The molecule has 0 fully saturated rings. The molecule has 0 unspecified atom stereocenters. The van der Waals surface area contributed by atoms with Gasteiger partial charge in [-0.3, -0.25) is 4.79 Å². The van der Waals surface area contributed by atoms with Crippen LogP contribution in [-0.4, -0.2) is 31.1 Å². The number of aromatic hydroxyl groups is 1. The zero-order valence-corrected chi connectivity index (χ0v) is 14.5. The number of amides is 1. The summed E-state index contributed by atoms with van der Waals surface area (Å²) >= 11 is 0. The average Bonchev–Trinajstić information content (AvgIpc) is 2.67. The van der Waals surface area contributed by atoms with Crippen molar-refractivity contribution in [1.82, 2.24) is 5.32 Å². The smallest absolute Gasteiger partial charge is 0.407 e. The minimum Gasteiger partial charge on any atom is -0.504 e. The summed E-state index contributed by atoms with van der Waals surface area (Å²) in [5.74, 6) is 0.201. The fourth-order valence-electron chi connectivity index (χ4n) is 2.25. The maximum atomic E-state index is 11.6. The first-order valence-electron chi connectivity index (χ1n) is 8.11. The molecule has 136 valence electrons. The molecule has 0 spiro atoms. The topological polar surface area (TPSA) is 84.9 Å². The molecular weight excluding hydrogens is 334 g/mol. The van der Waals surface area contributed by atoms with Crippen LogP contribution >= 0.6 is 0 Å². The molecule has 0 saturated carbocycles. The van der Waals surface area contributed by atoms with Crippen molar-refractivity contribution in [2.75, 3.05) is 13.7 Å². The van der Waals surface area contributed by atoms with Crippen LogP contribution in [0.5, 0.6) is 11.5 Å². The summed E-state index contributed by atoms with van der Waals surface area (Å²) < 4.78 is 10.1. The van der Waals surface area contributed by atoms with Crippen LogP contribution in [0.1, 0.15) is 27.9 Å². The highest BCUT2D eigenvalue weighted by atomic mass is 16.5. The number of aldehydes is 1. The summed E-state index contributed by atoms with van der Waals surface area (Å²) in [5, 5.41) is 12.4. The first-order valence-corrected chi connectivity index (χ1v) is 8.11. The van der Waals surface area contributed by atoms with E-state index in [1.807, 2.05) is 30.3 Å². The van der Waals surface area contributed by atoms with Gasteiger partial charge in [0, 0.05) is 12.1 Å².